The molecule has 0 saturated heterocycles. The van der Waals surface area contributed by atoms with E-state index in [4.69, 9.17) is 18.9 Å². The van der Waals surface area contributed by atoms with E-state index < -0.39 is 18.1 Å². The molecule has 1 aliphatic rings. The molecule has 0 fully saturated rings. The van der Waals surface area contributed by atoms with Gasteiger partial charge in [-0.25, -0.2) is 0 Å². The lowest BCUT2D eigenvalue weighted by atomic mass is 9.95. The van der Waals surface area contributed by atoms with Crippen molar-refractivity contribution in [2.45, 2.75) is 25.9 Å². The molecular formula is C30H33NO7. The summed E-state index contributed by atoms with van der Waals surface area (Å²) in [6.07, 6.45) is 4.02. The third kappa shape index (κ3) is 5.61. The SMILES string of the molecule is COc1cc(C=Cc2cccc(-c3ccc4c(c3)OCCO4)c2C)cc(OC)c1CNC(C)(CO)C(=O)O. The Hall–Kier alpha value is -4.01. The first-order valence-electron chi connectivity index (χ1n) is 12.3. The molecule has 200 valence electrons. The number of carbonyl (C=O) groups is 1. The molecule has 0 aliphatic carbocycles. The zero-order valence-electron chi connectivity index (χ0n) is 22.0. The van der Waals surface area contributed by atoms with Gasteiger partial charge in [0, 0.05) is 12.1 Å². The molecule has 0 amide bonds. The molecule has 38 heavy (non-hydrogen) atoms. The van der Waals surface area contributed by atoms with Crippen molar-refractivity contribution in [1.29, 1.82) is 0 Å². The van der Waals surface area contributed by atoms with Gasteiger partial charge in [-0.05, 0) is 65.9 Å². The monoisotopic (exact) mass is 519 g/mol. The van der Waals surface area contributed by atoms with Crippen molar-refractivity contribution >= 4 is 18.1 Å². The van der Waals surface area contributed by atoms with Crippen LogP contribution in [-0.2, 0) is 11.3 Å². The number of carboxylic acids is 1. The van der Waals surface area contributed by atoms with Crippen LogP contribution in [0.5, 0.6) is 23.0 Å². The summed E-state index contributed by atoms with van der Waals surface area (Å²) in [5, 5.41) is 21.9. The maximum Gasteiger partial charge on any atom is 0.326 e. The van der Waals surface area contributed by atoms with Crippen molar-refractivity contribution in [2.75, 3.05) is 34.0 Å². The Morgan fingerprint density at radius 3 is 2.34 bits per heavy atom. The van der Waals surface area contributed by atoms with E-state index in [0.717, 1.165) is 39.3 Å². The van der Waals surface area contributed by atoms with Gasteiger partial charge in [-0.15, -0.1) is 0 Å². The summed E-state index contributed by atoms with van der Waals surface area (Å²) in [6, 6.07) is 15.9. The first-order valence-corrected chi connectivity index (χ1v) is 12.3. The van der Waals surface area contributed by atoms with Crippen molar-refractivity contribution < 1.29 is 34.0 Å². The molecule has 3 N–H and O–H groups in total. The molecule has 8 heteroatoms. The summed E-state index contributed by atoms with van der Waals surface area (Å²) in [7, 11) is 3.10. The van der Waals surface area contributed by atoms with Gasteiger partial charge in [-0.3, -0.25) is 10.1 Å². The number of aliphatic carboxylic acids is 1. The number of carboxylic acid groups (broad SMARTS) is 1. The van der Waals surface area contributed by atoms with E-state index in [-0.39, 0.29) is 6.54 Å². The molecule has 1 heterocycles. The lowest BCUT2D eigenvalue weighted by Crippen LogP contribution is -2.52. The van der Waals surface area contributed by atoms with Gasteiger partial charge in [0.15, 0.2) is 11.5 Å². The van der Waals surface area contributed by atoms with E-state index in [1.165, 1.54) is 6.92 Å². The van der Waals surface area contributed by atoms with Crippen molar-refractivity contribution in [3.8, 4) is 34.1 Å². The largest absolute Gasteiger partial charge is 0.496 e. The van der Waals surface area contributed by atoms with Crippen LogP contribution >= 0.6 is 0 Å². The fourth-order valence-corrected chi connectivity index (χ4v) is 4.30. The van der Waals surface area contributed by atoms with Gasteiger partial charge in [0.25, 0.3) is 0 Å². The predicted octanol–water partition coefficient (Wildman–Crippen LogP) is 4.55. The minimum atomic E-state index is -1.49. The highest BCUT2D eigenvalue weighted by atomic mass is 16.6. The maximum atomic E-state index is 11.6. The summed E-state index contributed by atoms with van der Waals surface area (Å²) < 4.78 is 22.6. The van der Waals surface area contributed by atoms with Crippen molar-refractivity contribution in [1.82, 2.24) is 5.32 Å². The molecule has 1 atom stereocenters. The number of rotatable bonds is 10. The highest BCUT2D eigenvalue weighted by Crippen LogP contribution is 2.37. The second-order valence-corrected chi connectivity index (χ2v) is 9.26. The van der Waals surface area contributed by atoms with Gasteiger partial charge < -0.3 is 29.2 Å². The van der Waals surface area contributed by atoms with E-state index in [0.29, 0.717) is 30.3 Å². The molecule has 1 aliphatic heterocycles. The molecule has 0 spiro atoms. The third-order valence-electron chi connectivity index (χ3n) is 6.76. The Kier molecular flexibility index (Phi) is 8.24. The highest BCUT2D eigenvalue weighted by molar-refractivity contribution is 5.79. The van der Waals surface area contributed by atoms with E-state index in [1.807, 2.05) is 48.6 Å². The van der Waals surface area contributed by atoms with E-state index in [9.17, 15) is 15.0 Å². The van der Waals surface area contributed by atoms with Gasteiger partial charge in [-0.1, -0.05) is 36.4 Å². The van der Waals surface area contributed by atoms with Crippen LogP contribution in [0.1, 0.15) is 29.2 Å². The van der Waals surface area contributed by atoms with Gasteiger partial charge in [-0.2, -0.15) is 0 Å². The lowest BCUT2D eigenvalue weighted by Gasteiger charge is -2.25. The molecule has 0 saturated carbocycles. The smallest absolute Gasteiger partial charge is 0.326 e. The number of aliphatic hydroxyl groups is 1. The van der Waals surface area contributed by atoms with Crippen LogP contribution in [-0.4, -0.2) is 55.8 Å². The number of benzene rings is 3. The summed E-state index contributed by atoms with van der Waals surface area (Å²) in [5.41, 5.74) is 4.36. The molecule has 8 nitrogen and oxygen atoms in total. The Bertz CT molecular complexity index is 1330. The van der Waals surface area contributed by atoms with Crippen LogP contribution in [0.4, 0.5) is 0 Å². The second-order valence-electron chi connectivity index (χ2n) is 9.26. The first kappa shape index (κ1) is 27.0. The summed E-state index contributed by atoms with van der Waals surface area (Å²) in [4.78, 5) is 11.6. The molecule has 0 bridgehead atoms. The minimum Gasteiger partial charge on any atom is -0.496 e. The number of ether oxygens (including phenoxy) is 4. The molecular weight excluding hydrogens is 486 g/mol. The van der Waals surface area contributed by atoms with Crippen molar-refractivity contribution in [2.24, 2.45) is 0 Å². The third-order valence-corrected chi connectivity index (χ3v) is 6.76. The van der Waals surface area contributed by atoms with Crippen LogP contribution in [0.25, 0.3) is 23.3 Å². The molecule has 1 unspecified atom stereocenters. The standard InChI is InChI=1S/C30H33NO7/c1-19-21(6-5-7-23(19)22-10-11-25-28(16-22)38-13-12-37-25)9-8-20-14-26(35-3)24(27(15-20)36-4)17-31-30(2,18-32)29(33)34/h5-11,14-16,31-32H,12-13,17-18H2,1-4H3,(H,33,34). The Balaban J connectivity index is 1.61. The number of fused-ring (bicyclic) bond motifs is 1. The van der Waals surface area contributed by atoms with Crippen molar-refractivity contribution in [3.05, 3.63) is 70.8 Å². The average Bonchev–Trinajstić information content (AvgIpc) is 2.94. The number of aliphatic hydroxyl groups excluding tert-OH is 1. The molecule has 0 radical (unpaired) electrons. The quantitative estimate of drug-likeness (QED) is 0.335. The first-order chi connectivity index (χ1) is 18.3. The zero-order chi connectivity index (χ0) is 27.3. The Morgan fingerprint density at radius 2 is 1.71 bits per heavy atom. The molecule has 0 aromatic heterocycles. The molecule has 3 aromatic carbocycles. The van der Waals surface area contributed by atoms with Crippen LogP contribution in [0.15, 0.2) is 48.5 Å². The average molecular weight is 520 g/mol. The fourth-order valence-electron chi connectivity index (χ4n) is 4.30. The van der Waals surface area contributed by atoms with E-state index in [2.05, 4.69) is 24.4 Å². The molecule has 3 aromatic rings. The summed E-state index contributed by atoms with van der Waals surface area (Å²) >= 11 is 0. The van der Waals surface area contributed by atoms with Crippen LogP contribution < -0.4 is 24.3 Å². The van der Waals surface area contributed by atoms with E-state index >= 15 is 0 Å². The van der Waals surface area contributed by atoms with Crippen LogP contribution in [0, 0.1) is 6.92 Å². The minimum absolute atomic E-state index is 0.135. The predicted molar refractivity (Wildman–Crippen MR) is 146 cm³/mol. The van der Waals surface area contributed by atoms with E-state index in [1.54, 1.807) is 14.2 Å². The molecule has 4 rings (SSSR count). The number of hydrogen-bond donors (Lipinski definition) is 3. The van der Waals surface area contributed by atoms with Gasteiger partial charge >= 0.3 is 5.97 Å². The zero-order valence-corrected chi connectivity index (χ0v) is 22.0. The number of nitrogens with one attached hydrogen (secondary N) is 1. The normalized spacial score (nSPS) is 14.2. The Morgan fingerprint density at radius 1 is 1.03 bits per heavy atom. The second kappa shape index (κ2) is 11.6. The number of hydrogen-bond acceptors (Lipinski definition) is 7. The summed E-state index contributed by atoms with van der Waals surface area (Å²) in [5.74, 6) is 1.46. The van der Waals surface area contributed by atoms with Gasteiger partial charge in [0.05, 0.1) is 20.8 Å². The van der Waals surface area contributed by atoms with Crippen molar-refractivity contribution in [3.63, 3.8) is 0 Å². The summed E-state index contributed by atoms with van der Waals surface area (Å²) in [6.45, 7) is 4.19. The Labute approximate surface area is 222 Å². The van der Waals surface area contributed by atoms with Gasteiger partial charge in [0.2, 0.25) is 0 Å². The van der Waals surface area contributed by atoms with Crippen LogP contribution in [0.2, 0.25) is 0 Å². The maximum absolute atomic E-state index is 11.6. The highest BCUT2D eigenvalue weighted by Gasteiger charge is 2.32. The van der Waals surface area contributed by atoms with Crippen LogP contribution in [0.3, 0.4) is 0 Å². The van der Waals surface area contributed by atoms with Gasteiger partial charge in [0.1, 0.15) is 30.3 Å². The number of methoxy groups -OCH3 is 2. The lowest BCUT2D eigenvalue weighted by molar-refractivity contribution is -0.145. The fraction of sp³-hybridized carbons (Fsp3) is 0.300. The topological polar surface area (TPSA) is 106 Å².